The van der Waals surface area contributed by atoms with Crippen LogP contribution in [-0.4, -0.2) is 20.6 Å². The van der Waals surface area contributed by atoms with Crippen LogP contribution in [0.5, 0.6) is 0 Å². The van der Waals surface area contributed by atoms with E-state index in [1.54, 1.807) is 0 Å². The summed E-state index contributed by atoms with van der Waals surface area (Å²) in [6.07, 6.45) is 3.80. The van der Waals surface area contributed by atoms with E-state index in [4.69, 9.17) is 5.73 Å². The zero-order valence-corrected chi connectivity index (χ0v) is 10.6. The summed E-state index contributed by atoms with van der Waals surface area (Å²) in [6.45, 7) is 2.92. The summed E-state index contributed by atoms with van der Waals surface area (Å²) >= 11 is 0. The Bertz CT molecular complexity index is 373. The third-order valence-electron chi connectivity index (χ3n) is 3.91. The van der Waals surface area contributed by atoms with E-state index in [2.05, 4.69) is 44.1 Å². The Hall–Kier alpha value is -1.02. The molecule has 1 aromatic carbocycles. The Morgan fingerprint density at radius 2 is 2.00 bits per heavy atom. The van der Waals surface area contributed by atoms with Crippen molar-refractivity contribution in [2.24, 2.45) is 5.73 Å². The quantitative estimate of drug-likeness (QED) is 0.844. The van der Waals surface area contributed by atoms with E-state index in [0.29, 0.717) is 0 Å². The molecule has 0 aromatic heterocycles. The maximum absolute atomic E-state index is 5.99. The first-order valence-electron chi connectivity index (χ1n) is 6.07. The predicted octanol–water partition coefficient (Wildman–Crippen LogP) is 2.44. The van der Waals surface area contributed by atoms with Crippen LogP contribution in [0.25, 0.3) is 0 Å². The largest absolute Gasteiger partial charge is 0.377 e. The number of hydrogen-bond acceptors (Lipinski definition) is 2. The average Bonchev–Trinajstić information content (AvgIpc) is 2.19. The van der Waals surface area contributed by atoms with Gasteiger partial charge in [0.15, 0.2) is 0 Å². The molecule has 0 saturated heterocycles. The molecule has 2 N–H and O–H groups in total. The Morgan fingerprint density at radius 3 is 2.44 bits per heavy atom. The van der Waals surface area contributed by atoms with E-state index in [1.165, 1.54) is 36.1 Å². The molecule has 0 unspecified atom stereocenters. The fourth-order valence-corrected chi connectivity index (χ4v) is 2.65. The van der Waals surface area contributed by atoms with Gasteiger partial charge in [-0.05, 0) is 37.0 Å². The van der Waals surface area contributed by atoms with Crippen LogP contribution in [0.2, 0.25) is 0 Å². The van der Waals surface area contributed by atoms with Crippen LogP contribution in [0.1, 0.15) is 30.4 Å². The van der Waals surface area contributed by atoms with Gasteiger partial charge >= 0.3 is 0 Å². The van der Waals surface area contributed by atoms with Gasteiger partial charge in [-0.15, -0.1) is 0 Å². The summed E-state index contributed by atoms with van der Waals surface area (Å²) in [5.41, 5.74) is 10.3. The summed E-state index contributed by atoms with van der Waals surface area (Å²) in [6, 6.07) is 6.75. The summed E-state index contributed by atoms with van der Waals surface area (Å²) in [5, 5.41) is 0. The van der Waals surface area contributed by atoms with Gasteiger partial charge in [0.25, 0.3) is 0 Å². The Balaban J connectivity index is 2.47. The van der Waals surface area contributed by atoms with E-state index < -0.39 is 0 Å². The van der Waals surface area contributed by atoms with Crippen LogP contribution in [0.4, 0.5) is 5.69 Å². The summed E-state index contributed by atoms with van der Waals surface area (Å²) in [7, 11) is 4.22. The van der Waals surface area contributed by atoms with Crippen LogP contribution in [0.15, 0.2) is 18.2 Å². The molecule has 0 atom stereocenters. The molecule has 88 valence electrons. The first-order valence-corrected chi connectivity index (χ1v) is 6.07. The van der Waals surface area contributed by atoms with Crippen molar-refractivity contribution < 1.29 is 0 Å². The molecule has 2 nitrogen and oxygen atoms in total. The van der Waals surface area contributed by atoms with Gasteiger partial charge in [0.05, 0.1) is 0 Å². The zero-order chi connectivity index (χ0) is 11.8. The standard InChI is InChI=1S/C14H22N2/c1-11-5-6-12(13(9-11)16(2)3)14(10-15)7-4-8-14/h5-6,9H,4,7-8,10,15H2,1-3H3. The van der Waals surface area contributed by atoms with Crippen molar-refractivity contribution in [1.29, 1.82) is 0 Å². The van der Waals surface area contributed by atoms with E-state index in [1.807, 2.05) is 0 Å². The van der Waals surface area contributed by atoms with Crippen molar-refractivity contribution in [1.82, 2.24) is 0 Å². The molecule has 1 saturated carbocycles. The molecule has 0 bridgehead atoms. The number of hydrogen-bond donors (Lipinski definition) is 1. The lowest BCUT2D eigenvalue weighted by Crippen LogP contribution is -2.42. The highest BCUT2D eigenvalue weighted by Gasteiger charge is 2.39. The van der Waals surface area contributed by atoms with Crippen molar-refractivity contribution in [3.8, 4) is 0 Å². The molecular weight excluding hydrogens is 196 g/mol. The minimum Gasteiger partial charge on any atom is -0.377 e. The lowest BCUT2D eigenvalue weighted by Gasteiger charge is -2.43. The van der Waals surface area contributed by atoms with Gasteiger partial charge in [-0.25, -0.2) is 0 Å². The molecular formula is C14H22N2. The Morgan fingerprint density at radius 1 is 1.31 bits per heavy atom. The van der Waals surface area contributed by atoms with E-state index in [0.717, 1.165) is 6.54 Å². The smallest absolute Gasteiger partial charge is 0.0402 e. The topological polar surface area (TPSA) is 29.3 Å². The summed E-state index contributed by atoms with van der Waals surface area (Å²) in [5.74, 6) is 0. The van der Waals surface area contributed by atoms with Crippen molar-refractivity contribution >= 4 is 5.69 Å². The van der Waals surface area contributed by atoms with Crippen molar-refractivity contribution in [2.45, 2.75) is 31.6 Å². The number of anilines is 1. The van der Waals surface area contributed by atoms with Crippen LogP contribution in [0.3, 0.4) is 0 Å². The maximum atomic E-state index is 5.99. The molecule has 16 heavy (non-hydrogen) atoms. The first kappa shape index (κ1) is 11.5. The van der Waals surface area contributed by atoms with Crippen LogP contribution >= 0.6 is 0 Å². The summed E-state index contributed by atoms with van der Waals surface area (Å²) < 4.78 is 0. The molecule has 1 fully saturated rings. The number of benzene rings is 1. The van der Waals surface area contributed by atoms with E-state index >= 15 is 0 Å². The van der Waals surface area contributed by atoms with Crippen LogP contribution in [0, 0.1) is 6.92 Å². The van der Waals surface area contributed by atoms with Gasteiger partial charge in [-0.3, -0.25) is 0 Å². The van der Waals surface area contributed by atoms with Gasteiger partial charge < -0.3 is 10.6 Å². The van der Waals surface area contributed by atoms with Crippen LogP contribution in [-0.2, 0) is 5.41 Å². The van der Waals surface area contributed by atoms with Gasteiger partial charge in [-0.1, -0.05) is 18.6 Å². The molecule has 0 spiro atoms. The molecule has 2 heteroatoms. The molecule has 0 radical (unpaired) electrons. The molecule has 1 aromatic rings. The molecule has 0 amide bonds. The minimum atomic E-state index is 0.257. The fraction of sp³-hybridized carbons (Fsp3) is 0.571. The van der Waals surface area contributed by atoms with Crippen molar-refractivity contribution in [3.63, 3.8) is 0 Å². The number of aryl methyl sites for hydroxylation is 1. The third-order valence-corrected chi connectivity index (χ3v) is 3.91. The molecule has 1 aliphatic carbocycles. The normalized spacial score (nSPS) is 18.0. The minimum absolute atomic E-state index is 0.257. The zero-order valence-electron chi connectivity index (χ0n) is 10.6. The van der Waals surface area contributed by atoms with E-state index in [9.17, 15) is 0 Å². The van der Waals surface area contributed by atoms with Gasteiger partial charge in [0.2, 0.25) is 0 Å². The second-order valence-corrected chi connectivity index (χ2v) is 5.25. The molecule has 0 heterocycles. The lowest BCUT2D eigenvalue weighted by atomic mass is 9.64. The monoisotopic (exact) mass is 218 g/mol. The highest BCUT2D eigenvalue weighted by Crippen LogP contribution is 2.46. The second-order valence-electron chi connectivity index (χ2n) is 5.25. The maximum Gasteiger partial charge on any atom is 0.0402 e. The summed E-state index contributed by atoms with van der Waals surface area (Å²) in [4.78, 5) is 2.21. The second kappa shape index (κ2) is 4.10. The number of rotatable bonds is 3. The lowest BCUT2D eigenvalue weighted by molar-refractivity contribution is 0.253. The number of nitrogens with zero attached hydrogens (tertiary/aromatic N) is 1. The molecule has 2 rings (SSSR count). The number of nitrogens with two attached hydrogens (primary N) is 1. The van der Waals surface area contributed by atoms with Crippen molar-refractivity contribution in [2.75, 3.05) is 25.5 Å². The molecule has 1 aliphatic rings. The van der Waals surface area contributed by atoms with Gasteiger partial charge in [-0.2, -0.15) is 0 Å². The SMILES string of the molecule is Cc1ccc(C2(CN)CCC2)c(N(C)C)c1. The average molecular weight is 218 g/mol. The highest BCUT2D eigenvalue weighted by molar-refractivity contribution is 5.58. The molecule has 0 aliphatic heterocycles. The predicted molar refractivity (Wildman–Crippen MR) is 70.1 cm³/mol. The van der Waals surface area contributed by atoms with Crippen LogP contribution < -0.4 is 10.6 Å². The third kappa shape index (κ3) is 1.71. The highest BCUT2D eigenvalue weighted by atomic mass is 15.1. The Labute approximate surface area is 98.4 Å². The van der Waals surface area contributed by atoms with E-state index in [-0.39, 0.29) is 5.41 Å². The van der Waals surface area contributed by atoms with Gasteiger partial charge in [0, 0.05) is 31.7 Å². The van der Waals surface area contributed by atoms with Gasteiger partial charge in [0.1, 0.15) is 0 Å². The Kier molecular flexibility index (Phi) is 2.94. The van der Waals surface area contributed by atoms with Crippen molar-refractivity contribution in [3.05, 3.63) is 29.3 Å². The first-order chi connectivity index (χ1) is 7.59. The fourth-order valence-electron chi connectivity index (χ4n) is 2.65.